The predicted molar refractivity (Wildman–Crippen MR) is 125 cm³/mol. The maximum absolute atomic E-state index is 12.7. The van der Waals surface area contributed by atoms with E-state index in [-0.39, 0.29) is 30.2 Å². The first-order valence-corrected chi connectivity index (χ1v) is 11.0. The van der Waals surface area contributed by atoms with Crippen LogP contribution in [-0.2, 0) is 6.61 Å². The van der Waals surface area contributed by atoms with Crippen LogP contribution in [-0.4, -0.2) is 5.91 Å². The monoisotopic (exact) mass is 439 g/mol. The molecular weight excluding hydrogens is 410 g/mol. The molecular formula is C26H30ClNO3. The molecule has 0 spiro atoms. The lowest BCUT2D eigenvalue weighted by atomic mass is 10.0. The molecule has 31 heavy (non-hydrogen) atoms. The molecule has 0 aliphatic heterocycles. The Morgan fingerprint density at radius 2 is 1.81 bits per heavy atom. The predicted octanol–water partition coefficient (Wildman–Crippen LogP) is 7.13. The maximum atomic E-state index is 12.7. The van der Waals surface area contributed by atoms with Gasteiger partial charge in [0.1, 0.15) is 18.1 Å². The lowest BCUT2D eigenvalue weighted by Crippen LogP contribution is -2.27. The number of ether oxygens (including phenoxy) is 1. The Kier molecular flexibility index (Phi) is 7.45. The van der Waals surface area contributed by atoms with Gasteiger partial charge in [0, 0.05) is 5.02 Å². The van der Waals surface area contributed by atoms with E-state index in [0.717, 1.165) is 33.9 Å². The summed E-state index contributed by atoms with van der Waals surface area (Å²) >= 11 is 6.27. The Hall–Kier alpha value is -2.72. The molecule has 1 amide bonds. The molecule has 0 saturated carbocycles. The molecule has 1 atom stereocenters. The third-order valence-corrected chi connectivity index (χ3v) is 5.77. The van der Waals surface area contributed by atoms with Gasteiger partial charge in [0.15, 0.2) is 5.76 Å². The number of hydrogen-bond acceptors (Lipinski definition) is 3. The molecule has 3 rings (SSSR count). The van der Waals surface area contributed by atoms with Crippen LogP contribution in [0.15, 0.2) is 52.9 Å². The summed E-state index contributed by atoms with van der Waals surface area (Å²) in [4.78, 5) is 12.7. The lowest BCUT2D eigenvalue weighted by Gasteiger charge is -2.17. The van der Waals surface area contributed by atoms with Crippen molar-refractivity contribution in [3.63, 3.8) is 0 Å². The summed E-state index contributed by atoms with van der Waals surface area (Å²) in [6.45, 7) is 10.5. The minimum Gasteiger partial charge on any atom is -0.485 e. The molecule has 0 fully saturated rings. The van der Waals surface area contributed by atoms with Crippen molar-refractivity contribution in [3.8, 4) is 5.75 Å². The second-order valence-electron chi connectivity index (χ2n) is 8.19. The highest BCUT2D eigenvalue weighted by molar-refractivity contribution is 6.31. The van der Waals surface area contributed by atoms with Gasteiger partial charge in [-0.1, -0.05) is 62.2 Å². The Labute approximate surface area is 189 Å². The summed E-state index contributed by atoms with van der Waals surface area (Å²) in [5, 5.41) is 3.78. The molecule has 1 aromatic heterocycles. The van der Waals surface area contributed by atoms with Gasteiger partial charge in [-0.05, 0) is 67.1 Å². The Morgan fingerprint density at radius 1 is 1.10 bits per heavy atom. The van der Waals surface area contributed by atoms with Gasteiger partial charge in [-0.25, -0.2) is 0 Å². The summed E-state index contributed by atoms with van der Waals surface area (Å²) in [6.07, 6.45) is 0.791. The number of carbonyl (C=O) groups excluding carboxylic acids is 1. The topological polar surface area (TPSA) is 51.5 Å². The van der Waals surface area contributed by atoms with Crippen LogP contribution in [0.1, 0.15) is 77.7 Å². The molecule has 164 valence electrons. The van der Waals surface area contributed by atoms with E-state index in [1.54, 1.807) is 12.1 Å². The molecule has 1 heterocycles. The van der Waals surface area contributed by atoms with Crippen LogP contribution in [0.4, 0.5) is 0 Å². The van der Waals surface area contributed by atoms with Crippen LogP contribution in [0.5, 0.6) is 5.75 Å². The first kappa shape index (κ1) is 23.0. The first-order chi connectivity index (χ1) is 14.8. The highest BCUT2D eigenvalue weighted by atomic mass is 35.5. The van der Waals surface area contributed by atoms with E-state index in [0.29, 0.717) is 5.76 Å². The van der Waals surface area contributed by atoms with E-state index >= 15 is 0 Å². The number of halogens is 1. The lowest BCUT2D eigenvalue weighted by molar-refractivity contribution is 0.0903. The quantitative estimate of drug-likeness (QED) is 0.406. The molecule has 0 bridgehead atoms. The number of hydrogen-bond donors (Lipinski definition) is 1. The van der Waals surface area contributed by atoms with E-state index in [2.05, 4.69) is 31.3 Å². The second kappa shape index (κ2) is 10.1. The molecule has 3 aromatic rings. The Balaban J connectivity index is 1.67. The van der Waals surface area contributed by atoms with Crippen molar-refractivity contribution in [3.05, 3.63) is 87.3 Å². The van der Waals surface area contributed by atoms with Crippen LogP contribution >= 0.6 is 11.6 Å². The summed E-state index contributed by atoms with van der Waals surface area (Å²) in [5.74, 6) is 1.70. The van der Waals surface area contributed by atoms with Gasteiger partial charge in [0.05, 0.1) is 6.04 Å². The number of benzene rings is 2. The molecule has 1 N–H and O–H groups in total. The van der Waals surface area contributed by atoms with Gasteiger partial charge in [0.25, 0.3) is 5.91 Å². The third-order valence-electron chi connectivity index (χ3n) is 5.36. The molecule has 0 saturated heterocycles. The normalized spacial score (nSPS) is 12.1. The van der Waals surface area contributed by atoms with Crippen LogP contribution < -0.4 is 10.1 Å². The molecule has 0 radical (unpaired) electrons. The van der Waals surface area contributed by atoms with Gasteiger partial charge < -0.3 is 14.5 Å². The van der Waals surface area contributed by atoms with E-state index in [1.807, 2.05) is 45.0 Å². The number of furan rings is 1. The average molecular weight is 440 g/mol. The first-order valence-electron chi connectivity index (χ1n) is 10.7. The van der Waals surface area contributed by atoms with Gasteiger partial charge in [-0.15, -0.1) is 0 Å². The van der Waals surface area contributed by atoms with Crippen molar-refractivity contribution >= 4 is 17.5 Å². The second-order valence-corrected chi connectivity index (χ2v) is 8.60. The zero-order chi connectivity index (χ0) is 22.5. The summed E-state index contributed by atoms with van der Waals surface area (Å²) in [6, 6.07) is 15.5. The largest absolute Gasteiger partial charge is 0.485 e. The van der Waals surface area contributed by atoms with Gasteiger partial charge in [-0.2, -0.15) is 0 Å². The molecule has 5 heteroatoms. The molecule has 4 nitrogen and oxygen atoms in total. The standard InChI is InChI=1S/C26H30ClNO3/c1-6-23(19-9-7-17(4)8-10-19)28-26(29)24-12-11-20(31-24)15-30-25-13-18(5)22(27)14-21(25)16(2)3/h7-14,16,23H,6,15H2,1-5H3,(H,28,29). The van der Waals surface area contributed by atoms with Crippen LogP contribution in [0.25, 0.3) is 0 Å². The minimum atomic E-state index is -0.233. The number of nitrogens with one attached hydrogen (secondary N) is 1. The van der Waals surface area contributed by atoms with Crippen LogP contribution in [0.2, 0.25) is 5.02 Å². The summed E-state index contributed by atoms with van der Waals surface area (Å²) < 4.78 is 11.8. The van der Waals surface area contributed by atoms with Crippen molar-refractivity contribution in [2.75, 3.05) is 0 Å². The fourth-order valence-corrected chi connectivity index (χ4v) is 3.59. The zero-order valence-electron chi connectivity index (χ0n) is 18.8. The Bertz CT molecular complexity index is 1040. The van der Waals surface area contributed by atoms with Gasteiger partial charge in [0.2, 0.25) is 0 Å². The zero-order valence-corrected chi connectivity index (χ0v) is 19.5. The third kappa shape index (κ3) is 5.71. The van der Waals surface area contributed by atoms with E-state index in [1.165, 1.54) is 5.56 Å². The fourth-order valence-electron chi connectivity index (χ4n) is 3.42. The molecule has 0 aliphatic rings. The van der Waals surface area contributed by atoms with Gasteiger partial charge in [-0.3, -0.25) is 4.79 Å². The summed E-state index contributed by atoms with van der Waals surface area (Å²) in [7, 11) is 0. The van der Waals surface area contributed by atoms with Crippen molar-refractivity contribution < 1.29 is 13.9 Å². The van der Waals surface area contributed by atoms with Crippen LogP contribution in [0, 0.1) is 13.8 Å². The van der Waals surface area contributed by atoms with Crippen molar-refractivity contribution in [1.29, 1.82) is 0 Å². The van der Waals surface area contributed by atoms with E-state index < -0.39 is 0 Å². The average Bonchev–Trinajstić information content (AvgIpc) is 3.22. The highest BCUT2D eigenvalue weighted by Gasteiger charge is 2.18. The molecule has 0 aliphatic carbocycles. The number of aryl methyl sites for hydroxylation is 2. The Morgan fingerprint density at radius 3 is 2.45 bits per heavy atom. The molecule has 1 unspecified atom stereocenters. The summed E-state index contributed by atoms with van der Waals surface area (Å²) in [5.41, 5.74) is 4.28. The SMILES string of the molecule is CCC(NC(=O)c1ccc(COc2cc(C)c(Cl)cc2C(C)C)o1)c1ccc(C)cc1. The van der Waals surface area contributed by atoms with Crippen molar-refractivity contribution in [2.24, 2.45) is 0 Å². The number of amides is 1. The molecule has 2 aromatic carbocycles. The van der Waals surface area contributed by atoms with E-state index in [9.17, 15) is 4.79 Å². The van der Waals surface area contributed by atoms with Crippen molar-refractivity contribution in [1.82, 2.24) is 5.32 Å². The van der Waals surface area contributed by atoms with Crippen LogP contribution in [0.3, 0.4) is 0 Å². The maximum Gasteiger partial charge on any atom is 0.287 e. The smallest absolute Gasteiger partial charge is 0.287 e. The van der Waals surface area contributed by atoms with Crippen molar-refractivity contribution in [2.45, 2.75) is 59.6 Å². The number of rotatable bonds is 8. The van der Waals surface area contributed by atoms with E-state index in [4.69, 9.17) is 20.8 Å². The number of carbonyl (C=O) groups is 1. The fraction of sp³-hybridized carbons (Fsp3) is 0.346. The van der Waals surface area contributed by atoms with Gasteiger partial charge >= 0.3 is 0 Å². The highest BCUT2D eigenvalue weighted by Crippen LogP contribution is 2.32. The minimum absolute atomic E-state index is 0.0662.